The molecule has 10 nitrogen and oxygen atoms in total. The number of benzene rings is 5. The third kappa shape index (κ3) is 3.64. The van der Waals surface area contributed by atoms with Crippen molar-refractivity contribution < 1.29 is 24.4 Å². The van der Waals surface area contributed by atoms with Gasteiger partial charge in [-0.2, -0.15) is 5.10 Å². The van der Waals surface area contributed by atoms with Crippen molar-refractivity contribution >= 4 is 46.1 Å². The molecule has 0 saturated carbocycles. The number of carbonyl (C=O) groups is 3. The van der Waals surface area contributed by atoms with Crippen LogP contribution in [0.4, 0.5) is 11.4 Å². The van der Waals surface area contributed by atoms with E-state index in [9.17, 15) is 29.6 Å². The van der Waals surface area contributed by atoms with Gasteiger partial charge in [-0.05, 0) is 39.8 Å². The maximum atomic E-state index is 14.7. The summed E-state index contributed by atoms with van der Waals surface area (Å²) < 4.78 is 0. The minimum atomic E-state index is -1.24. The molecule has 9 rings (SSSR count). The molecule has 224 valence electrons. The molecule has 2 bridgehead atoms. The normalized spacial score (nSPS) is 22.5. The molecule has 0 aromatic heterocycles. The number of nitro groups is 1. The molecule has 0 spiro atoms. The summed E-state index contributed by atoms with van der Waals surface area (Å²) in [7, 11) is 0. The van der Waals surface area contributed by atoms with Crippen molar-refractivity contribution in [2.75, 3.05) is 4.90 Å². The summed E-state index contributed by atoms with van der Waals surface area (Å²) in [4.78, 5) is 54.4. The summed E-state index contributed by atoms with van der Waals surface area (Å²) in [6.07, 6.45) is 1.50. The van der Waals surface area contributed by atoms with Crippen molar-refractivity contribution in [2.45, 2.75) is 11.3 Å². The fourth-order valence-corrected chi connectivity index (χ4v) is 7.76. The van der Waals surface area contributed by atoms with Crippen LogP contribution < -0.4 is 10.3 Å². The molecule has 3 amide bonds. The molecule has 1 fully saturated rings. The second-order valence-electron chi connectivity index (χ2n) is 11.7. The first-order valence-electron chi connectivity index (χ1n) is 14.7. The van der Waals surface area contributed by atoms with Gasteiger partial charge in [-0.25, -0.2) is 10.3 Å². The summed E-state index contributed by atoms with van der Waals surface area (Å²) in [6.45, 7) is 0. The standard InChI is InChI=1S/C36H24N4O6/c41-29-17-16-21(40(45)46)18-25(29)33(42)38-37-19-36-26-13-5-3-11-23(26)30(24-12-4-6-14-27(24)36)31-32(36)35(44)39(34(31)43)28-15-7-9-20-8-1-2-10-22(20)28/h1-19,30-32,41H,(H,38,42)/b37-19-/t30?,31-,32-,36?/m1/s1. The van der Waals surface area contributed by atoms with Crippen molar-refractivity contribution in [1.82, 2.24) is 5.43 Å². The number of nitro benzene ring substituents is 1. The number of carbonyl (C=O) groups excluding carboxylic acids is 3. The molecule has 1 aliphatic heterocycles. The average Bonchev–Trinajstić information content (AvgIpc) is 3.34. The zero-order valence-corrected chi connectivity index (χ0v) is 24.0. The number of nitrogens with zero attached hydrogens (tertiary/aromatic N) is 3. The van der Waals surface area contributed by atoms with E-state index in [-0.39, 0.29) is 29.0 Å². The Balaban J connectivity index is 1.29. The Morgan fingerprint density at radius 3 is 2.24 bits per heavy atom. The minimum absolute atomic E-state index is 0.302. The average molecular weight is 609 g/mol. The molecule has 3 aliphatic carbocycles. The predicted molar refractivity (Wildman–Crippen MR) is 170 cm³/mol. The van der Waals surface area contributed by atoms with E-state index in [1.54, 1.807) is 6.07 Å². The topological polar surface area (TPSA) is 142 Å². The van der Waals surface area contributed by atoms with Crippen LogP contribution in [0.2, 0.25) is 0 Å². The monoisotopic (exact) mass is 608 g/mol. The van der Waals surface area contributed by atoms with Gasteiger partial charge in [-0.15, -0.1) is 0 Å². The second-order valence-corrected chi connectivity index (χ2v) is 11.7. The molecular weight excluding hydrogens is 584 g/mol. The highest BCUT2D eigenvalue weighted by Gasteiger charge is 2.68. The lowest BCUT2D eigenvalue weighted by Crippen LogP contribution is -2.54. The molecule has 0 unspecified atom stereocenters. The molecule has 2 N–H and O–H groups in total. The van der Waals surface area contributed by atoms with Gasteiger partial charge in [0.2, 0.25) is 11.8 Å². The largest absolute Gasteiger partial charge is 0.507 e. The number of hydrazone groups is 1. The summed E-state index contributed by atoms with van der Waals surface area (Å²) in [5.74, 6) is -3.98. The Bertz CT molecular complexity index is 2140. The minimum Gasteiger partial charge on any atom is -0.507 e. The molecule has 4 aliphatic rings. The van der Waals surface area contributed by atoms with Gasteiger partial charge in [0.25, 0.3) is 11.6 Å². The predicted octanol–water partition coefficient (Wildman–Crippen LogP) is 5.42. The third-order valence-electron chi connectivity index (χ3n) is 9.56. The molecular formula is C36H24N4O6. The van der Waals surface area contributed by atoms with Crippen molar-refractivity contribution in [1.29, 1.82) is 0 Å². The van der Waals surface area contributed by atoms with E-state index in [0.717, 1.165) is 51.2 Å². The number of aromatic hydroxyl groups is 1. The summed E-state index contributed by atoms with van der Waals surface area (Å²) in [6, 6.07) is 31.6. The lowest BCUT2D eigenvalue weighted by molar-refractivity contribution is -0.384. The van der Waals surface area contributed by atoms with E-state index in [0.29, 0.717) is 5.69 Å². The van der Waals surface area contributed by atoms with Crippen molar-refractivity contribution in [3.63, 3.8) is 0 Å². The van der Waals surface area contributed by atoms with Crippen LogP contribution in [0.5, 0.6) is 5.75 Å². The number of fused-ring (bicyclic) bond motifs is 1. The van der Waals surface area contributed by atoms with E-state index in [4.69, 9.17) is 0 Å². The Kier molecular flexibility index (Phi) is 5.91. The van der Waals surface area contributed by atoms with E-state index in [1.807, 2.05) is 84.9 Å². The van der Waals surface area contributed by atoms with Crippen LogP contribution in [-0.2, 0) is 15.0 Å². The van der Waals surface area contributed by atoms with Gasteiger partial charge in [0.05, 0.1) is 33.4 Å². The maximum absolute atomic E-state index is 14.7. The highest BCUT2D eigenvalue weighted by atomic mass is 16.6. The van der Waals surface area contributed by atoms with Crippen LogP contribution in [0, 0.1) is 22.0 Å². The molecule has 10 heteroatoms. The maximum Gasteiger partial charge on any atom is 0.275 e. The number of anilines is 1. The number of rotatable bonds is 5. The van der Waals surface area contributed by atoms with Crippen molar-refractivity contribution in [3.05, 3.63) is 147 Å². The van der Waals surface area contributed by atoms with Crippen LogP contribution in [0.3, 0.4) is 0 Å². The van der Waals surface area contributed by atoms with Crippen LogP contribution in [-0.4, -0.2) is 34.0 Å². The quantitative estimate of drug-likeness (QED) is 0.118. The number of non-ortho nitro benzene ring substituents is 1. The first kappa shape index (κ1) is 27.4. The Hall–Kier alpha value is -6.16. The van der Waals surface area contributed by atoms with Crippen molar-refractivity contribution in [2.24, 2.45) is 16.9 Å². The fraction of sp³-hybridized carbons (Fsp3) is 0.111. The molecule has 0 radical (unpaired) electrons. The molecule has 2 atom stereocenters. The van der Waals surface area contributed by atoms with Gasteiger partial charge in [0.1, 0.15) is 5.75 Å². The third-order valence-corrected chi connectivity index (χ3v) is 9.56. The van der Waals surface area contributed by atoms with Crippen LogP contribution in [0.1, 0.15) is 38.5 Å². The molecule has 5 aromatic rings. The van der Waals surface area contributed by atoms with Gasteiger partial charge >= 0.3 is 0 Å². The molecule has 5 aromatic carbocycles. The number of phenols is 1. The highest BCUT2D eigenvalue weighted by molar-refractivity contribution is 6.27. The summed E-state index contributed by atoms with van der Waals surface area (Å²) in [5, 5.41) is 27.6. The zero-order valence-electron chi connectivity index (χ0n) is 24.0. The van der Waals surface area contributed by atoms with Gasteiger partial charge in [0, 0.05) is 29.7 Å². The van der Waals surface area contributed by atoms with Crippen LogP contribution in [0.15, 0.2) is 114 Å². The Morgan fingerprint density at radius 2 is 1.52 bits per heavy atom. The van der Waals surface area contributed by atoms with Crippen LogP contribution in [0.25, 0.3) is 10.8 Å². The lowest BCUT2D eigenvalue weighted by Gasteiger charge is -2.52. The number of hydrogen-bond acceptors (Lipinski definition) is 7. The summed E-state index contributed by atoms with van der Waals surface area (Å²) in [5.41, 5.74) is 4.38. The van der Waals surface area contributed by atoms with Gasteiger partial charge in [0.15, 0.2) is 0 Å². The second kappa shape index (κ2) is 9.93. The van der Waals surface area contributed by atoms with Gasteiger partial charge in [-0.3, -0.25) is 24.5 Å². The van der Waals surface area contributed by atoms with Crippen molar-refractivity contribution in [3.8, 4) is 5.75 Å². The Labute approximate surface area is 261 Å². The zero-order chi connectivity index (χ0) is 31.7. The smallest absolute Gasteiger partial charge is 0.275 e. The fourth-order valence-electron chi connectivity index (χ4n) is 7.76. The first-order valence-corrected chi connectivity index (χ1v) is 14.7. The lowest BCUT2D eigenvalue weighted by atomic mass is 9.47. The SMILES string of the molecule is O=C(N/N=C\C12c3ccccc3C(c3ccccc31)[C@H]1C(=O)N(c3cccc4ccccc34)C(=O)[C@@H]12)c1cc([N+](=O)[O-])ccc1O. The molecule has 1 heterocycles. The Morgan fingerprint density at radius 1 is 0.870 bits per heavy atom. The number of amides is 3. The van der Waals surface area contributed by atoms with E-state index >= 15 is 0 Å². The molecule has 1 saturated heterocycles. The van der Waals surface area contributed by atoms with E-state index < -0.39 is 33.8 Å². The number of imide groups is 1. The van der Waals surface area contributed by atoms with Crippen LogP contribution >= 0.6 is 0 Å². The summed E-state index contributed by atoms with van der Waals surface area (Å²) >= 11 is 0. The van der Waals surface area contributed by atoms with Gasteiger partial charge in [-0.1, -0.05) is 84.9 Å². The number of nitrogens with one attached hydrogen (secondary N) is 1. The number of hydrogen-bond donors (Lipinski definition) is 2. The van der Waals surface area contributed by atoms with E-state index in [1.165, 1.54) is 11.1 Å². The highest BCUT2D eigenvalue weighted by Crippen LogP contribution is 2.63. The molecule has 46 heavy (non-hydrogen) atoms. The number of phenolic OH excluding ortho intramolecular Hbond substituents is 1. The first-order chi connectivity index (χ1) is 22.3. The van der Waals surface area contributed by atoms with Gasteiger partial charge < -0.3 is 5.11 Å². The van der Waals surface area contributed by atoms with E-state index in [2.05, 4.69) is 10.5 Å².